The summed E-state index contributed by atoms with van der Waals surface area (Å²) in [5.74, 6) is 0.896. The molecule has 9 nitrogen and oxygen atoms in total. The van der Waals surface area contributed by atoms with Crippen LogP contribution >= 0.6 is 0 Å². The van der Waals surface area contributed by atoms with Gasteiger partial charge < -0.3 is 14.2 Å². The lowest BCUT2D eigenvalue weighted by atomic mass is 10.2. The van der Waals surface area contributed by atoms with Gasteiger partial charge in [-0.05, 0) is 24.3 Å². The number of hydrazone groups is 1. The van der Waals surface area contributed by atoms with Crippen LogP contribution in [0.4, 0.5) is 0 Å². The molecule has 0 bridgehead atoms. The van der Waals surface area contributed by atoms with E-state index in [0.29, 0.717) is 35.9 Å². The largest absolute Gasteiger partial charge is 0.496 e. The van der Waals surface area contributed by atoms with Crippen molar-refractivity contribution < 1.29 is 27.4 Å². The maximum atomic E-state index is 12.7. The first-order chi connectivity index (χ1) is 14.8. The standard InChI is InChI=1S/C21H27N3O6S/c1-6-24(7-2)31(26,27)17-10-8-9-15(11-17)21(25)23-22-14-16-12-19(29-4)20(30-5)13-18(16)28-3/h8-14H,6-7H2,1-5H3,(H,23,25)/b22-14-. The third-order valence-corrected chi connectivity index (χ3v) is 6.59. The van der Waals surface area contributed by atoms with Crippen molar-refractivity contribution in [1.29, 1.82) is 0 Å². The second-order valence-corrected chi connectivity index (χ2v) is 8.20. The fraction of sp³-hybridized carbons (Fsp3) is 0.333. The van der Waals surface area contributed by atoms with Crippen LogP contribution in [0.1, 0.15) is 29.8 Å². The summed E-state index contributed by atoms with van der Waals surface area (Å²) in [6.07, 6.45) is 1.40. The van der Waals surface area contributed by atoms with Gasteiger partial charge in [-0.3, -0.25) is 4.79 Å². The van der Waals surface area contributed by atoms with Crippen LogP contribution in [0.3, 0.4) is 0 Å². The fourth-order valence-electron chi connectivity index (χ4n) is 2.89. The first kappa shape index (κ1) is 24.2. The quantitative estimate of drug-likeness (QED) is 0.441. The predicted molar refractivity (Wildman–Crippen MR) is 118 cm³/mol. The molecule has 2 rings (SSSR count). The average molecular weight is 450 g/mol. The van der Waals surface area contributed by atoms with E-state index in [1.54, 1.807) is 26.0 Å². The van der Waals surface area contributed by atoms with Crippen molar-refractivity contribution in [2.45, 2.75) is 18.7 Å². The van der Waals surface area contributed by atoms with Crippen LogP contribution in [-0.4, -0.2) is 59.3 Å². The third kappa shape index (κ3) is 5.53. The highest BCUT2D eigenvalue weighted by Gasteiger charge is 2.22. The maximum absolute atomic E-state index is 12.7. The number of hydrogen-bond donors (Lipinski definition) is 1. The van der Waals surface area contributed by atoms with E-state index in [4.69, 9.17) is 14.2 Å². The highest BCUT2D eigenvalue weighted by atomic mass is 32.2. The van der Waals surface area contributed by atoms with Crippen LogP contribution in [0.15, 0.2) is 46.4 Å². The second-order valence-electron chi connectivity index (χ2n) is 6.27. The number of rotatable bonds is 10. The van der Waals surface area contributed by atoms with E-state index in [1.165, 1.54) is 56.1 Å². The smallest absolute Gasteiger partial charge is 0.271 e. The number of amides is 1. The molecule has 0 radical (unpaired) electrons. The van der Waals surface area contributed by atoms with Gasteiger partial charge in [-0.25, -0.2) is 13.8 Å². The minimum atomic E-state index is -3.67. The lowest BCUT2D eigenvalue weighted by Crippen LogP contribution is -2.30. The van der Waals surface area contributed by atoms with Gasteiger partial charge in [0, 0.05) is 30.3 Å². The van der Waals surface area contributed by atoms with Gasteiger partial charge in [-0.1, -0.05) is 19.9 Å². The number of carbonyl (C=O) groups excluding carboxylic acids is 1. The molecular formula is C21H27N3O6S. The highest BCUT2D eigenvalue weighted by molar-refractivity contribution is 7.89. The van der Waals surface area contributed by atoms with Crippen LogP contribution < -0.4 is 19.6 Å². The van der Waals surface area contributed by atoms with Crippen LogP contribution in [-0.2, 0) is 10.0 Å². The first-order valence-electron chi connectivity index (χ1n) is 9.55. The van der Waals surface area contributed by atoms with E-state index in [2.05, 4.69) is 10.5 Å². The molecule has 2 aromatic carbocycles. The summed E-state index contributed by atoms with van der Waals surface area (Å²) in [4.78, 5) is 12.5. The first-order valence-corrected chi connectivity index (χ1v) is 11.0. The Balaban J connectivity index is 2.23. The molecule has 0 unspecified atom stereocenters. The Morgan fingerprint density at radius 1 is 1.00 bits per heavy atom. The molecule has 1 N–H and O–H groups in total. The lowest BCUT2D eigenvalue weighted by molar-refractivity contribution is 0.0955. The van der Waals surface area contributed by atoms with Crippen molar-refractivity contribution in [2.24, 2.45) is 5.10 Å². The molecule has 0 aliphatic carbocycles. The average Bonchev–Trinajstić information content (AvgIpc) is 2.79. The molecule has 1 amide bonds. The molecular weight excluding hydrogens is 422 g/mol. The van der Waals surface area contributed by atoms with Gasteiger partial charge in [0.1, 0.15) is 5.75 Å². The molecule has 0 saturated heterocycles. The predicted octanol–water partition coefficient (Wildman–Crippen LogP) is 2.51. The summed E-state index contributed by atoms with van der Waals surface area (Å²) in [5.41, 5.74) is 3.12. The van der Waals surface area contributed by atoms with E-state index >= 15 is 0 Å². The summed E-state index contributed by atoms with van der Waals surface area (Å²) in [6.45, 7) is 4.20. The second kappa shape index (κ2) is 10.8. The lowest BCUT2D eigenvalue weighted by Gasteiger charge is -2.18. The summed E-state index contributed by atoms with van der Waals surface area (Å²) < 4.78 is 42.5. The van der Waals surface area contributed by atoms with E-state index in [0.717, 1.165) is 0 Å². The number of nitrogens with one attached hydrogen (secondary N) is 1. The Morgan fingerprint density at radius 2 is 1.61 bits per heavy atom. The summed E-state index contributed by atoms with van der Waals surface area (Å²) >= 11 is 0. The molecule has 0 aliphatic rings. The van der Waals surface area contributed by atoms with Crippen LogP contribution in [0.5, 0.6) is 17.2 Å². The number of ether oxygens (including phenoxy) is 3. The number of carbonyl (C=O) groups is 1. The molecule has 2 aromatic rings. The molecule has 0 atom stereocenters. The molecule has 168 valence electrons. The van der Waals surface area contributed by atoms with Gasteiger partial charge in [0.2, 0.25) is 10.0 Å². The Labute approximate surface area is 182 Å². The molecule has 10 heteroatoms. The summed E-state index contributed by atoms with van der Waals surface area (Å²) in [7, 11) is 0.848. The Morgan fingerprint density at radius 3 is 2.19 bits per heavy atom. The van der Waals surface area contributed by atoms with Crippen molar-refractivity contribution in [1.82, 2.24) is 9.73 Å². The van der Waals surface area contributed by atoms with E-state index in [-0.39, 0.29) is 10.5 Å². The van der Waals surface area contributed by atoms with Crippen molar-refractivity contribution in [3.05, 3.63) is 47.5 Å². The van der Waals surface area contributed by atoms with Gasteiger partial charge in [-0.15, -0.1) is 0 Å². The maximum Gasteiger partial charge on any atom is 0.271 e. The highest BCUT2D eigenvalue weighted by Crippen LogP contribution is 2.33. The van der Waals surface area contributed by atoms with Gasteiger partial charge in [0.15, 0.2) is 11.5 Å². The SMILES string of the molecule is CCN(CC)S(=O)(=O)c1cccc(C(=O)N/N=C\c2cc(OC)c(OC)cc2OC)c1. The van der Waals surface area contributed by atoms with Gasteiger partial charge in [0.05, 0.1) is 32.4 Å². The van der Waals surface area contributed by atoms with E-state index < -0.39 is 15.9 Å². The number of sulfonamides is 1. The molecule has 0 fully saturated rings. The Kier molecular flexibility index (Phi) is 8.40. The molecule has 0 aliphatic heterocycles. The topological polar surface area (TPSA) is 107 Å². The zero-order chi connectivity index (χ0) is 23.0. The Hall–Kier alpha value is -3.11. The van der Waals surface area contributed by atoms with Gasteiger partial charge in [0.25, 0.3) is 5.91 Å². The van der Waals surface area contributed by atoms with Gasteiger partial charge in [-0.2, -0.15) is 9.41 Å². The normalized spacial score (nSPS) is 11.5. The summed E-state index contributed by atoms with van der Waals surface area (Å²) in [6, 6.07) is 9.13. The summed E-state index contributed by atoms with van der Waals surface area (Å²) in [5, 5.41) is 3.96. The minimum absolute atomic E-state index is 0.0504. The molecule has 0 heterocycles. The van der Waals surface area contributed by atoms with Crippen LogP contribution in [0, 0.1) is 0 Å². The molecule has 0 spiro atoms. The van der Waals surface area contributed by atoms with Crippen molar-refractivity contribution >= 4 is 22.1 Å². The monoisotopic (exact) mass is 449 g/mol. The van der Waals surface area contributed by atoms with Crippen molar-refractivity contribution in [2.75, 3.05) is 34.4 Å². The van der Waals surface area contributed by atoms with Crippen LogP contribution in [0.25, 0.3) is 0 Å². The number of nitrogens with zero attached hydrogens (tertiary/aromatic N) is 2. The van der Waals surface area contributed by atoms with Crippen molar-refractivity contribution in [3.63, 3.8) is 0 Å². The zero-order valence-corrected chi connectivity index (χ0v) is 19.0. The fourth-order valence-corrected chi connectivity index (χ4v) is 4.39. The Bertz CT molecular complexity index is 1050. The molecule has 31 heavy (non-hydrogen) atoms. The van der Waals surface area contributed by atoms with Crippen molar-refractivity contribution in [3.8, 4) is 17.2 Å². The van der Waals surface area contributed by atoms with E-state index in [9.17, 15) is 13.2 Å². The number of methoxy groups -OCH3 is 3. The zero-order valence-electron chi connectivity index (χ0n) is 18.2. The molecule has 0 aromatic heterocycles. The van der Waals surface area contributed by atoms with Crippen LogP contribution in [0.2, 0.25) is 0 Å². The number of benzene rings is 2. The minimum Gasteiger partial charge on any atom is -0.496 e. The third-order valence-electron chi connectivity index (χ3n) is 4.55. The van der Waals surface area contributed by atoms with Gasteiger partial charge >= 0.3 is 0 Å². The molecule has 0 saturated carbocycles. The number of hydrogen-bond acceptors (Lipinski definition) is 7. The van der Waals surface area contributed by atoms with E-state index in [1.807, 2.05) is 0 Å².